The van der Waals surface area contributed by atoms with Gasteiger partial charge in [0, 0.05) is 17.8 Å². The number of hydrogen-bond acceptors (Lipinski definition) is 3. The number of nitrogens with one attached hydrogen (secondary N) is 1. The lowest BCUT2D eigenvalue weighted by molar-refractivity contribution is 0.0764. The number of amides is 2. The minimum Gasteiger partial charge on any atom is -0.491 e. The molecule has 0 aromatic heterocycles. The van der Waals surface area contributed by atoms with Gasteiger partial charge in [0.05, 0.1) is 12.1 Å². The first-order valence-electron chi connectivity index (χ1n) is 8.02. The largest absolute Gasteiger partial charge is 0.491 e. The summed E-state index contributed by atoms with van der Waals surface area (Å²) in [5, 5.41) is 2.84. The number of rotatable bonds is 3. The Hall–Kier alpha value is -2.82. The van der Waals surface area contributed by atoms with Crippen LogP contribution in [0.5, 0.6) is 5.75 Å². The van der Waals surface area contributed by atoms with Crippen molar-refractivity contribution in [2.24, 2.45) is 0 Å². The van der Waals surface area contributed by atoms with Crippen LogP contribution in [0.15, 0.2) is 42.5 Å². The monoisotopic (exact) mass is 324 g/mol. The third kappa shape index (κ3) is 3.25. The predicted molar refractivity (Wildman–Crippen MR) is 92.6 cm³/mol. The highest BCUT2D eigenvalue weighted by atomic mass is 16.5. The van der Waals surface area contributed by atoms with Crippen LogP contribution in [-0.4, -0.2) is 36.4 Å². The smallest absolute Gasteiger partial charge is 0.257 e. The van der Waals surface area contributed by atoms with Gasteiger partial charge < -0.3 is 15.0 Å². The van der Waals surface area contributed by atoms with Gasteiger partial charge in [-0.05, 0) is 44.2 Å². The molecule has 0 fully saturated rings. The van der Waals surface area contributed by atoms with Crippen LogP contribution >= 0.6 is 0 Å². The van der Waals surface area contributed by atoms with Crippen LogP contribution in [0.2, 0.25) is 0 Å². The number of benzene rings is 2. The fourth-order valence-corrected chi connectivity index (χ4v) is 2.65. The van der Waals surface area contributed by atoms with Crippen LogP contribution in [0.3, 0.4) is 0 Å². The number of hydrogen-bond donors (Lipinski definition) is 1. The fraction of sp³-hybridized carbons (Fsp3) is 0.263. The summed E-state index contributed by atoms with van der Waals surface area (Å²) in [6, 6.07) is 12.5. The molecule has 2 aromatic carbocycles. The minimum absolute atomic E-state index is 0.0727. The molecule has 0 radical (unpaired) electrons. The lowest BCUT2D eigenvalue weighted by Gasteiger charge is -2.17. The Morgan fingerprint density at radius 2 is 1.96 bits per heavy atom. The number of carbonyl (C=O) groups excluding carboxylic acids is 2. The summed E-state index contributed by atoms with van der Waals surface area (Å²) in [6.07, 6.45) is 0. The number of aryl methyl sites for hydroxylation is 1. The molecule has 5 nitrogen and oxygen atoms in total. The standard InChI is InChI=1S/C19H20N2O3/c1-3-21-10-11-24-17-9-8-15(12-16(17)19(21)23)20-18(22)14-6-4-13(2)5-7-14/h4-9,12H,3,10-11H2,1-2H3,(H,20,22). The van der Waals surface area contributed by atoms with Crippen molar-refractivity contribution in [3.63, 3.8) is 0 Å². The molecule has 0 atom stereocenters. The maximum atomic E-state index is 12.5. The summed E-state index contributed by atoms with van der Waals surface area (Å²) >= 11 is 0. The van der Waals surface area contributed by atoms with Crippen LogP contribution in [-0.2, 0) is 0 Å². The molecule has 2 aromatic rings. The third-order valence-corrected chi connectivity index (χ3v) is 4.07. The highest BCUT2D eigenvalue weighted by Crippen LogP contribution is 2.26. The summed E-state index contributed by atoms with van der Waals surface area (Å²) in [4.78, 5) is 26.6. The highest BCUT2D eigenvalue weighted by Gasteiger charge is 2.23. The zero-order valence-electron chi connectivity index (χ0n) is 13.8. The predicted octanol–water partition coefficient (Wildman–Crippen LogP) is 3.10. The van der Waals surface area contributed by atoms with Crippen LogP contribution in [0.25, 0.3) is 0 Å². The van der Waals surface area contributed by atoms with E-state index in [0.29, 0.717) is 42.3 Å². The summed E-state index contributed by atoms with van der Waals surface area (Å²) in [7, 11) is 0. The van der Waals surface area contributed by atoms with Crippen molar-refractivity contribution in [2.75, 3.05) is 25.0 Å². The van der Waals surface area contributed by atoms with Gasteiger partial charge in [-0.1, -0.05) is 17.7 Å². The molecule has 3 rings (SSSR count). The lowest BCUT2D eigenvalue weighted by atomic mass is 10.1. The van der Waals surface area contributed by atoms with Gasteiger partial charge in [0.25, 0.3) is 11.8 Å². The van der Waals surface area contributed by atoms with Crippen molar-refractivity contribution in [3.05, 3.63) is 59.2 Å². The zero-order valence-corrected chi connectivity index (χ0v) is 13.8. The molecule has 24 heavy (non-hydrogen) atoms. The van der Waals surface area contributed by atoms with E-state index in [1.165, 1.54) is 0 Å². The quantitative estimate of drug-likeness (QED) is 0.944. The van der Waals surface area contributed by atoms with E-state index in [0.717, 1.165) is 5.56 Å². The Morgan fingerprint density at radius 3 is 2.67 bits per heavy atom. The van der Waals surface area contributed by atoms with Gasteiger partial charge in [-0.25, -0.2) is 0 Å². The van der Waals surface area contributed by atoms with Gasteiger partial charge in [-0.3, -0.25) is 9.59 Å². The Balaban J connectivity index is 1.84. The van der Waals surface area contributed by atoms with Crippen molar-refractivity contribution < 1.29 is 14.3 Å². The van der Waals surface area contributed by atoms with Gasteiger partial charge >= 0.3 is 0 Å². The van der Waals surface area contributed by atoms with E-state index in [2.05, 4.69) is 5.32 Å². The Kier molecular flexibility index (Phi) is 4.51. The van der Waals surface area contributed by atoms with E-state index in [-0.39, 0.29) is 11.8 Å². The maximum absolute atomic E-state index is 12.5. The molecule has 1 aliphatic rings. The number of carbonyl (C=O) groups is 2. The van der Waals surface area contributed by atoms with E-state index in [1.807, 2.05) is 26.0 Å². The molecule has 1 heterocycles. The molecule has 0 aliphatic carbocycles. The van der Waals surface area contributed by atoms with Gasteiger partial charge in [-0.2, -0.15) is 0 Å². The van der Waals surface area contributed by atoms with Crippen LogP contribution in [0, 0.1) is 6.92 Å². The normalized spacial score (nSPS) is 13.8. The second-order valence-electron chi connectivity index (χ2n) is 5.76. The molecule has 0 saturated heterocycles. The van der Waals surface area contributed by atoms with Crippen molar-refractivity contribution in [1.29, 1.82) is 0 Å². The van der Waals surface area contributed by atoms with Crippen molar-refractivity contribution >= 4 is 17.5 Å². The van der Waals surface area contributed by atoms with E-state index in [4.69, 9.17) is 4.74 Å². The Morgan fingerprint density at radius 1 is 1.21 bits per heavy atom. The number of fused-ring (bicyclic) bond motifs is 1. The maximum Gasteiger partial charge on any atom is 0.257 e. The average molecular weight is 324 g/mol. The summed E-state index contributed by atoms with van der Waals surface area (Å²) < 4.78 is 5.63. The van der Waals surface area contributed by atoms with E-state index in [1.54, 1.807) is 35.2 Å². The summed E-state index contributed by atoms with van der Waals surface area (Å²) in [5.74, 6) is 0.282. The second kappa shape index (κ2) is 6.74. The van der Waals surface area contributed by atoms with Crippen LogP contribution < -0.4 is 10.1 Å². The molecule has 0 spiro atoms. The SMILES string of the molecule is CCN1CCOc2ccc(NC(=O)c3ccc(C)cc3)cc2C1=O. The van der Waals surface area contributed by atoms with Crippen molar-refractivity contribution in [2.45, 2.75) is 13.8 Å². The van der Waals surface area contributed by atoms with Crippen LogP contribution in [0.4, 0.5) is 5.69 Å². The molecule has 0 unspecified atom stereocenters. The van der Waals surface area contributed by atoms with Crippen LogP contribution in [0.1, 0.15) is 33.2 Å². The van der Waals surface area contributed by atoms with E-state index in [9.17, 15) is 9.59 Å². The van der Waals surface area contributed by atoms with Gasteiger partial charge in [0.2, 0.25) is 0 Å². The number of ether oxygens (including phenoxy) is 1. The summed E-state index contributed by atoms with van der Waals surface area (Å²) in [5.41, 5.74) is 2.73. The van der Waals surface area contributed by atoms with E-state index >= 15 is 0 Å². The summed E-state index contributed by atoms with van der Waals surface area (Å²) in [6.45, 7) is 5.57. The molecule has 0 saturated carbocycles. The van der Waals surface area contributed by atoms with Gasteiger partial charge in [0.15, 0.2) is 0 Å². The molecular formula is C19H20N2O3. The van der Waals surface area contributed by atoms with Crippen molar-refractivity contribution in [1.82, 2.24) is 4.90 Å². The average Bonchev–Trinajstić information content (AvgIpc) is 2.74. The zero-order chi connectivity index (χ0) is 17.1. The minimum atomic E-state index is -0.204. The number of likely N-dealkylation sites (N-methyl/N-ethyl adjacent to an activating group) is 1. The Bertz CT molecular complexity index is 769. The molecule has 2 amide bonds. The molecule has 1 aliphatic heterocycles. The lowest BCUT2D eigenvalue weighted by Crippen LogP contribution is -2.32. The molecule has 1 N–H and O–H groups in total. The Labute approximate surface area is 141 Å². The topological polar surface area (TPSA) is 58.6 Å². The molecule has 124 valence electrons. The first-order valence-corrected chi connectivity index (χ1v) is 8.02. The van der Waals surface area contributed by atoms with Gasteiger partial charge in [0.1, 0.15) is 12.4 Å². The third-order valence-electron chi connectivity index (χ3n) is 4.07. The van der Waals surface area contributed by atoms with E-state index < -0.39 is 0 Å². The fourth-order valence-electron chi connectivity index (χ4n) is 2.65. The number of nitrogens with zero attached hydrogens (tertiary/aromatic N) is 1. The highest BCUT2D eigenvalue weighted by molar-refractivity contribution is 6.05. The molecule has 5 heteroatoms. The number of anilines is 1. The van der Waals surface area contributed by atoms with Gasteiger partial charge in [-0.15, -0.1) is 0 Å². The van der Waals surface area contributed by atoms with Crippen molar-refractivity contribution in [3.8, 4) is 5.75 Å². The first kappa shape index (κ1) is 16.1. The first-order chi connectivity index (χ1) is 11.6. The molecule has 0 bridgehead atoms. The second-order valence-corrected chi connectivity index (χ2v) is 5.76. The molecular weight excluding hydrogens is 304 g/mol.